The molecule has 2 fully saturated rings. The molecule has 59 heavy (non-hydrogen) atoms. The highest BCUT2D eigenvalue weighted by Crippen LogP contribution is 2.41. The molecule has 3 heterocycles. The summed E-state index contributed by atoms with van der Waals surface area (Å²) < 4.78 is 44.0. The Morgan fingerprint density at radius 3 is 2.20 bits per heavy atom. The fourth-order valence-electron chi connectivity index (χ4n) is 6.99. The van der Waals surface area contributed by atoms with Crippen molar-refractivity contribution in [3.8, 4) is 0 Å². The Morgan fingerprint density at radius 2 is 1.59 bits per heavy atom. The first-order valence-electron chi connectivity index (χ1n) is 18.6. The number of piperidine rings is 1. The lowest BCUT2D eigenvalue weighted by atomic mass is 9.72. The second-order valence-electron chi connectivity index (χ2n) is 14.0. The van der Waals surface area contributed by atoms with Gasteiger partial charge < -0.3 is 9.47 Å². The van der Waals surface area contributed by atoms with Crippen molar-refractivity contribution in [1.29, 1.82) is 0 Å². The Morgan fingerprint density at radius 1 is 0.949 bits per heavy atom. The highest BCUT2D eigenvalue weighted by Gasteiger charge is 2.52. The Balaban J connectivity index is 1.10. The van der Waals surface area contributed by atoms with Crippen molar-refractivity contribution < 1.29 is 41.9 Å². The second-order valence-corrected chi connectivity index (χ2v) is 17.5. The molecule has 7 rings (SSSR count). The molecule has 0 bridgehead atoms. The number of carbonyl (C=O) groups is 5. The van der Waals surface area contributed by atoms with E-state index in [4.69, 9.17) is 9.47 Å². The van der Waals surface area contributed by atoms with Crippen molar-refractivity contribution >= 4 is 75.1 Å². The standard InChI is InChI=1S/C42H39N5O9S3/c1-3-42(23-22-33(48)44-40(42)51)30-16-18-31(19-17-30)43-41(52)55-24-29-25-57-38-34(45-58-46-59(53,54)32-20-14-26(2)15-21-32)37(49)47(38)35(29)39(50)56-36(27-10-6-4-7-11-27)28-12-8-5-9-13-28/h4-21,36,38,46H,3,22-25H2,1-2H3,(H,43,52)(H,44,48,51)/b45-34+/t38-,42-/m1/s1. The van der Waals surface area contributed by atoms with E-state index < -0.39 is 44.9 Å². The first kappa shape index (κ1) is 41.4. The minimum Gasteiger partial charge on any atom is -0.448 e. The quantitative estimate of drug-likeness (QED) is 0.0609. The van der Waals surface area contributed by atoms with Crippen LogP contribution >= 0.6 is 23.9 Å². The summed E-state index contributed by atoms with van der Waals surface area (Å²) in [6.07, 6.45) is -0.603. The Bertz CT molecular complexity index is 2410. The number of rotatable bonds is 13. The van der Waals surface area contributed by atoms with Gasteiger partial charge in [0.05, 0.1) is 22.4 Å². The van der Waals surface area contributed by atoms with Crippen LogP contribution in [-0.2, 0) is 44.1 Å². The van der Waals surface area contributed by atoms with E-state index in [1.165, 1.54) is 28.8 Å². The predicted molar refractivity (Wildman–Crippen MR) is 223 cm³/mol. The second kappa shape index (κ2) is 17.6. The number of esters is 1. The van der Waals surface area contributed by atoms with Crippen LogP contribution in [0.25, 0.3) is 0 Å². The van der Waals surface area contributed by atoms with Crippen LogP contribution in [0.4, 0.5) is 10.5 Å². The highest BCUT2D eigenvalue weighted by molar-refractivity contribution is 8.08. The third kappa shape index (κ3) is 8.83. The molecule has 0 aromatic heterocycles. The number of anilines is 1. The van der Waals surface area contributed by atoms with Crippen LogP contribution in [0.2, 0.25) is 0 Å². The first-order valence-corrected chi connectivity index (χ1v) is 21.9. The van der Waals surface area contributed by atoms with E-state index in [9.17, 15) is 32.4 Å². The Hall–Kier alpha value is -5.75. The lowest BCUT2D eigenvalue weighted by molar-refractivity contribution is -0.147. The smallest absolute Gasteiger partial charge is 0.411 e. The summed E-state index contributed by atoms with van der Waals surface area (Å²) in [5.41, 5.74) is 2.73. The topological polar surface area (TPSA) is 190 Å². The molecule has 2 saturated heterocycles. The van der Waals surface area contributed by atoms with Crippen molar-refractivity contribution in [2.45, 2.75) is 54.9 Å². The first-order chi connectivity index (χ1) is 28.4. The third-order valence-corrected chi connectivity index (χ3v) is 13.9. The van der Waals surface area contributed by atoms with Crippen LogP contribution in [-0.4, -0.2) is 66.5 Å². The van der Waals surface area contributed by atoms with Crippen molar-refractivity contribution in [1.82, 2.24) is 14.3 Å². The Labute approximate surface area is 349 Å². The molecule has 3 aliphatic heterocycles. The van der Waals surface area contributed by atoms with E-state index in [1.807, 2.05) is 74.5 Å². The molecule has 304 valence electrons. The summed E-state index contributed by atoms with van der Waals surface area (Å²) in [6.45, 7) is 3.35. The number of fused-ring (bicyclic) bond motifs is 1. The van der Waals surface area contributed by atoms with Gasteiger partial charge in [-0.2, -0.15) is 4.40 Å². The van der Waals surface area contributed by atoms with Gasteiger partial charge in [-0.1, -0.05) is 97.4 Å². The van der Waals surface area contributed by atoms with Crippen molar-refractivity contribution in [3.63, 3.8) is 0 Å². The van der Waals surface area contributed by atoms with Gasteiger partial charge in [-0.15, -0.1) is 15.9 Å². The number of amides is 4. The lowest BCUT2D eigenvalue weighted by Gasteiger charge is -2.44. The largest absolute Gasteiger partial charge is 0.448 e. The maximum Gasteiger partial charge on any atom is 0.411 e. The molecule has 2 atom stereocenters. The average Bonchev–Trinajstić information content (AvgIpc) is 3.24. The van der Waals surface area contributed by atoms with Gasteiger partial charge in [0, 0.05) is 23.4 Å². The summed E-state index contributed by atoms with van der Waals surface area (Å²) in [7, 11) is -3.95. The Kier molecular flexibility index (Phi) is 12.4. The summed E-state index contributed by atoms with van der Waals surface area (Å²) in [6, 6.07) is 31.2. The number of sulfonamides is 1. The number of thioether (sulfide) groups is 1. The van der Waals surface area contributed by atoms with E-state index in [-0.39, 0.29) is 46.9 Å². The molecule has 0 unspecified atom stereocenters. The van der Waals surface area contributed by atoms with E-state index >= 15 is 0 Å². The number of nitrogens with one attached hydrogen (secondary N) is 3. The maximum absolute atomic E-state index is 14.3. The molecule has 14 nitrogen and oxygen atoms in total. The highest BCUT2D eigenvalue weighted by atomic mass is 32.3. The molecule has 4 aromatic rings. The molecule has 17 heteroatoms. The van der Waals surface area contributed by atoms with Crippen LogP contribution in [0.5, 0.6) is 0 Å². The number of nitrogens with zero attached hydrogens (tertiary/aromatic N) is 2. The molecule has 4 aromatic carbocycles. The van der Waals surface area contributed by atoms with Crippen LogP contribution in [0.15, 0.2) is 130 Å². The van der Waals surface area contributed by atoms with Crippen molar-refractivity contribution in [3.05, 3.63) is 143 Å². The number of hydrogen-bond donors (Lipinski definition) is 3. The number of β-lactam (4-membered cyclic amide) rings is 1. The monoisotopic (exact) mass is 853 g/mol. The SMILES string of the molecule is CC[C@]1(c2ccc(NC(=O)OCC3=C(C(=O)OC(c4ccccc4)c4ccccc4)N4C(=O)/C(=N\SNS(=O)(=O)c5ccc(C)cc5)[C@H]4SC3)cc2)CCC(=O)NC1=O. The van der Waals surface area contributed by atoms with Crippen LogP contribution in [0, 0.1) is 6.92 Å². The normalized spacial score (nSPS) is 19.8. The fraction of sp³-hybridized carbons (Fsp3) is 0.238. The molecule has 3 N–H and O–H groups in total. The zero-order valence-electron chi connectivity index (χ0n) is 31.9. The molecule has 0 aliphatic carbocycles. The molecule has 3 aliphatic rings. The van der Waals surface area contributed by atoms with Gasteiger partial charge >= 0.3 is 12.1 Å². The van der Waals surface area contributed by atoms with E-state index in [0.29, 0.717) is 52.9 Å². The van der Waals surface area contributed by atoms with Crippen LogP contribution < -0.4 is 14.8 Å². The molecular formula is C42H39N5O9S3. The zero-order valence-corrected chi connectivity index (χ0v) is 34.3. The molecule has 0 saturated carbocycles. The minimum absolute atomic E-state index is 0.0305. The number of imide groups is 1. The van der Waals surface area contributed by atoms with Crippen LogP contribution in [0.3, 0.4) is 0 Å². The van der Waals surface area contributed by atoms with Crippen molar-refractivity contribution in [2.75, 3.05) is 17.7 Å². The fourth-order valence-corrected chi connectivity index (χ4v) is 10.00. The van der Waals surface area contributed by atoms with E-state index in [0.717, 1.165) is 5.56 Å². The summed E-state index contributed by atoms with van der Waals surface area (Å²) in [4.78, 5) is 67.1. The van der Waals surface area contributed by atoms with Gasteiger partial charge in [-0.25, -0.2) is 18.0 Å². The lowest BCUT2D eigenvalue weighted by Crippen LogP contribution is -2.62. The van der Waals surface area contributed by atoms with Gasteiger partial charge in [-0.3, -0.25) is 29.9 Å². The van der Waals surface area contributed by atoms with Gasteiger partial charge in [-0.05, 0) is 60.7 Å². The number of benzene rings is 4. The molecule has 4 amide bonds. The van der Waals surface area contributed by atoms with Gasteiger partial charge in [0.25, 0.3) is 15.9 Å². The number of carbonyl (C=O) groups excluding carboxylic acids is 5. The number of hydrogen-bond acceptors (Lipinski definition) is 12. The minimum atomic E-state index is -3.95. The van der Waals surface area contributed by atoms with Gasteiger partial charge in [0.1, 0.15) is 23.4 Å². The molecule has 0 radical (unpaired) electrons. The van der Waals surface area contributed by atoms with Crippen LogP contribution in [0.1, 0.15) is 54.5 Å². The van der Waals surface area contributed by atoms with Gasteiger partial charge in [0.2, 0.25) is 11.8 Å². The number of aryl methyl sites for hydroxylation is 1. The third-order valence-electron chi connectivity index (χ3n) is 10.3. The molecular weight excluding hydrogens is 815 g/mol. The predicted octanol–water partition coefficient (Wildman–Crippen LogP) is 6.11. The van der Waals surface area contributed by atoms with E-state index in [2.05, 4.69) is 19.2 Å². The summed E-state index contributed by atoms with van der Waals surface area (Å²) in [5.74, 6) is -2.00. The average molecular weight is 854 g/mol. The van der Waals surface area contributed by atoms with Gasteiger partial charge in [0.15, 0.2) is 6.10 Å². The summed E-state index contributed by atoms with van der Waals surface area (Å²) >= 11 is 1.74. The maximum atomic E-state index is 14.3. The zero-order chi connectivity index (χ0) is 41.7. The summed E-state index contributed by atoms with van der Waals surface area (Å²) in [5, 5.41) is 4.34. The van der Waals surface area contributed by atoms with Crippen molar-refractivity contribution in [2.24, 2.45) is 4.40 Å². The van der Waals surface area contributed by atoms with E-state index in [1.54, 1.807) is 36.4 Å². The molecule has 0 spiro atoms. The number of ether oxygens (including phenoxy) is 2.